The number of rotatable bonds is 0. The van der Waals surface area contributed by atoms with Gasteiger partial charge in [0, 0.05) is 5.92 Å². The fourth-order valence-corrected chi connectivity index (χ4v) is 3.08. The second-order valence-electron chi connectivity index (χ2n) is 4.73. The van der Waals surface area contributed by atoms with Gasteiger partial charge in [0.05, 0.1) is 0 Å². The van der Waals surface area contributed by atoms with Crippen LogP contribution in [0.25, 0.3) is 0 Å². The molecule has 0 N–H and O–H groups in total. The van der Waals surface area contributed by atoms with Crippen LogP contribution >= 0.6 is 0 Å². The van der Waals surface area contributed by atoms with Crippen LogP contribution in [-0.2, 0) is 6.42 Å². The molecule has 0 aliphatic heterocycles. The first-order valence-electron chi connectivity index (χ1n) is 5.57. The van der Waals surface area contributed by atoms with Gasteiger partial charge in [-0.15, -0.1) is 0 Å². The summed E-state index contributed by atoms with van der Waals surface area (Å²) >= 11 is 0. The predicted octanol–water partition coefficient (Wildman–Crippen LogP) is 3.64. The van der Waals surface area contributed by atoms with E-state index < -0.39 is 0 Å². The highest BCUT2D eigenvalue weighted by Crippen LogP contribution is 2.49. The van der Waals surface area contributed by atoms with Crippen molar-refractivity contribution in [3.05, 3.63) is 47.0 Å². The van der Waals surface area contributed by atoms with Crippen molar-refractivity contribution >= 4 is 0 Å². The summed E-state index contributed by atoms with van der Waals surface area (Å²) in [5.41, 5.74) is 4.81. The van der Waals surface area contributed by atoms with Crippen molar-refractivity contribution in [1.82, 2.24) is 0 Å². The monoisotopic (exact) mass is 184 g/mol. The molecule has 3 unspecified atom stereocenters. The van der Waals surface area contributed by atoms with Gasteiger partial charge < -0.3 is 0 Å². The number of allylic oxidation sites excluding steroid dienone is 2. The predicted molar refractivity (Wildman–Crippen MR) is 59.6 cm³/mol. The van der Waals surface area contributed by atoms with Gasteiger partial charge in [-0.2, -0.15) is 0 Å². The standard InChI is InChI=1S/C14H16/c1-9-10(2)13-8-4-6-11-5-3-7-12(9)14(11)13/h3-5,7-10,13H,6H2,1-2H3. The third-order valence-corrected chi connectivity index (χ3v) is 4.09. The second kappa shape index (κ2) is 2.73. The molecular formula is C14H16. The summed E-state index contributed by atoms with van der Waals surface area (Å²) in [5, 5.41) is 0. The van der Waals surface area contributed by atoms with Gasteiger partial charge in [0.15, 0.2) is 0 Å². The Balaban J connectivity index is 2.26. The number of hydrogen-bond donors (Lipinski definition) is 0. The Morgan fingerprint density at radius 1 is 1.21 bits per heavy atom. The average molecular weight is 184 g/mol. The van der Waals surface area contributed by atoms with Gasteiger partial charge in [-0.3, -0.25) is 0 Å². The first kappa shape index (κ1) is 8.28. The maximum absolute atomic E-state index is 2.42. The van der Waals surface area contributed by atoms with E-state index in [1.165, 1.54) is 0 Å². The van der Waals surface area contributed by atoms with E-state index in [4.69, 9.17) is 0 Å². The fourth-order valence-electron chi connectivity index (χ4n) is 3.08. The SMILES string of the molecule is CC1c2cccc3c2C(C=CC3)C1C. The summed E-state index contributed by atoms with van der Waals surface area (Å²) in [6.45, 7) is 4.75. The molecule has 2 aliphatic rings. The lowest BCUT2D eigenvalue weighted by Gasteiger charge is -2.19. The van der Waals surface area contributed by atoms with Crippen LogP contribution in [0.2, 0.25) is 0 Å². The van der Waals surface area contributed by atoms with Gasteiger partial charge >= 0.3 is 0 Å². The van der Waals surface area contributed by atoms with E-state index in [0.29, 0.717) is 5.92 Å². The first-order chi connectivity index (χ1) is 6.79. The van der Waals surface area contributed by atoms with Gasteiger partial charge in [0.2, 0.25) is 0 Å². The van der Waals surface area contributed by atoms with Crippen LogP contribution in [0.5, 0.6) is 0 Å². The van der Waals surface area contributed by atoms with Crippen molar-refractivity contribution in [3.8, 4) is 0 Å². The summed E-state index contributed by atoms with van der Waals surface area (Å²) in [4.78, 5) is 0. The van der Waals surface area contributed by atoms with Gasteiger partial charge in [0.1, 0.15) is 0 Å². The molecule has 14 heavy (non-hydrogen) atoms. The van der Waals surface area contributed by atoms with Crippen molar-refractivity contribution in [1.29, 1.82) is 0 Å². The molecule has 3 rings (SSSR count). The van der Waals surface area contributed by atoms with E-state index in [0.717, 1.165) is 18.3 Å². The molecule has 0 spiro atoms. The molecule has 0 fully saturated rings. The molecule has 0 saturated carbocycles. The molecule has 0 radical (unpaired) electrons. The van der Waals surface area contributed by atoms with Crippen LogP contribution in [0.1, 0.15) is 42.4 Å². The average Bonchev–Trinajstić information content (AvgIpc) is 2.47. The zero-order valence-corrected chi connectivity index (χ0v) is 8.83. The van der Waals surface area contributed by atoms with Crippen LogP contribution < -0.4 is 0 Å². The summed E-state index contributed by atoms with van der Waals surface area (Å²) in [6, 6.07) is 6.83. The van der Waals surface area contributed by atoms with Crippen LogP contribution in [-0.4, -0.2) is 0 Å². The zero-order chi connectivity index (χ0) is 9.71. The maximum Gasteiger partial charge on any atom is 0.00551 e. The van der Waals surface area contributed by atoms with Gasteiger partial charge in [-0.05, 0) is 34.9 Å². The second-order valence-corrected chi connectivity index (χ2v) is 4.73. The molecule has 1 aromatic carbocycles. The summed E-state index contributed by atoms with van der Waals surface area (Å²) in [5.74, 6) is 2.21. The molecule has 0 aromatic heterocycles. The Morgan fingerprint density at radius 2 is 2.07 bits per heavy atom. The quantitative estimate of drug-likeness (QED) is 0.540. The Hall–Kier alpha value is -1.04. The number of benzene rings is 1. The van der Waals surface area contributed by atoms with E-state index in [2.05, 4.69) is 44.2 Å². The third-order valence-electron chi connectivity index (χ3n) is 4.09. The highest BCUT2D eigenvalue weighted by atomic mass is 14.4. The molecule has 1 aromatic rings. The minimum atomic E-state index is 0.699. The fraction of sp³-hybridized carbons (Fsp3) is 0.429. The maximum atomic E-state index is 2.42. The Morgan fingerprint density at radius 3 is 2.93 bits per heavy atom. The van der Waals surface area contributed by atoms with Crippen molar-refractivity contribution in [2.45, 2.75) is 32.1 Å². The van der Waals surface area contributed by atoms with Crippen molar-refractivity contribution in [2.75, 3.05) is 0 Å². The highest BCUT2D eigenvalue weighted by Gasteiger charge is 2.35. The molecule has 0 heterocycles. The van der Waals surface area contributed by atoms with Crippen LogP contribution in [0.3, 0.4) is 0 Å². The van der Waals surface area contributed by atoms with E-state index in [9.17, 15) is 0 Å². The molecule has 2 aliphatic carbocycles. The minimum absolute atomic E-state index is 0.699. The summed E-state index contributed by atoms with van der Waals surface area (Å²) < 4.78 is 0. The largest absolute Gasteiger partial charge is 0.0835 e. The molecule has 0 heteroatoms. The topological polar surface area (TPSA) is 0 Å². The molecule has 72 valence electrons. The van der Waals surface area contributed by atoms with Crippen molar-refractivity contribution in [3.63, 3.8) is 0 Å². The molecule has 0 nitrogen and oxygen atoms in total. The van der Waals surface area contributed by atoms with Gasteiger partial charge in [-0.25, -0.2) is 0 Å². The molecular weight excluding hydrogens is 168 g/mol. The van der Waals surface area contributed by atoms with Gasteiger partial charge in [-0.1, -0.05) is 44.2 Å². The zero-order valence-electron chi connectivity index (χ0n) is 8.83. The lowest BCUT2D eigenvalue weighted by molar-refractivity contribution is 0.489. The Bertz CT molecular complexity index is 400. The van der Waals surface area contributed by atoms with Crippen molar-refractivity contribution < 1.29 is 0 Å². The minimum Gasteiger partial charge on any atom is -0.0835 e. The van der Waals surface area contributed by atoms with Crippen LogP contribution in [0.4, 0.5) is 0 Å². The summed E-state index contributed by atoms with van der Waals surface area (Å²) in [6.07, 6.45) is 5.89. The first-order valence-corrected chi connectivity index (χ1v) is 5.57. The third kappa shape index (κ3) is 0.890. The van der Waals surface area contributed by atoms with E-state index >= 15 is 0 Å². The normalized spacial score (nSPS) is 33.1. The van der Waals surface area contributed by atoms with Crippen LogP contribution in [0, 0.1) is 5.92 Å². The molecule has 3 atom stereocenters. The smallest absolute Gasteiger partial charge is 0.00551 e. The van der Waals surface area contributed by atoms with E-state index in [1.54, 1.807) is 16.7 Å². The lowest BCUT2D eigenvalue weighted by Crippen LogP contribution is -2.07. The Kier molecular flexibility index (Phi) is 1.61. The van der Waals surface area contributed by atoms with Crippen LogP contribution in [0.15, 0.2) is 30.4 Å². The summed E-state index contributed by atoms with van der Waals surface area (Å²) in [7, 11) is 0. The van der Waals surface area contributed by atoms with E-state index in [1.807, 2.05) is 0 Å². The number of hydrogen-bond acceptors (Lipinski definition) is 0. The van der Waals surface area contributed by atoms with E-state index in [-0.39, 0.29) is 0 Å². The lowest BCUT2D eigenvalue weighted by atomic mass is 9.85. The van der Waals surface area contributed by atoms with Crippen molar-refractivity contribution in [2.24, 2.45) is 5.92 Å². The molecule has 0 amide bonds. The Labute approximate surface area is 85.6 Å². The molecule has 0 bridgehead atoms. The van der Waals surface area contributed by atoms with Gasteiger partial charge in [0.25, 0.3) is 0 Å². The highest BCUT2D eigenvalue weighted by molar-refractivity contribution is 5.49. The molecule has 0 saturated heterocycles.